The van der Waals surface area contributed by atoms with E-state index in [9.17, 15) is 35.4 Å². The molecule has 154 valence electrons. The van der Waals surface area contributed by atoms with Gasteiger partial charge in [-0.2, -0.15) is 0 Å². The summed E-state index contributed by atoms with van der Waals surface area (Å²) in [6, 6.07) is 0. The SMILES string of the molecule is CCC(O)(C(=O)OC[C@H]1O[C@@H](OC(C)C(C)O)[C@H](O)[C@@H](O)[C@@H]1O)C(C)O. The van der Waals surface area contributed by atoms with Gasteiger partial charge in [0.05, 0.1) is 18.3 Å². The van der Waals surface area contributed by atoms with Crippen molar-refractivity contribution in [3.8, 4) is 0 Å². The zero-order valence-electron chi connectivity index (χ0n) is 15.3. The molecule has 0 spiro atoms. The Bertz CT molecular complexity index is 456. The van der Waals surface area contributed by atoms with Crippen LogP contribution in [0.1, 0.15) is 34.1 Å². The van der Waals surface area contributed by atoms with Crippen LogP contribution in [0.3, 0.4) is 0 Å². The maximum absolute atomic E-state index is 12.0. The fraction of sp³-hybridized carbons (Fsp3) is 0.938. The summed E-state index contributed by atoms with van der Waals surface area (Å²) < 4.78 is 15.6. The summed E-state index contributed by atoms with van der Waals surface area (Å²) >= 11 is 0. The maximum Gasteiger partial charge on any atom is 0.340 e. The van der Waals surface area contributed by atoms with Crippen molar-refractivity contribution in [1.29, 1.82) is 0 Å². The Morgan fingerprint density at radius 1 is 1.12 bits per heavy atom. The number of carbonyl (C=O) groups excluding carboxylic acids is 1. The summed E-state index contributed by atoms with van der Waals surface area (Å²) in [4.78, 5) is 12.0. The molecule has 1 fully saturated rings. The molecule has 10 nitrogen and oxygen atoms in total. The first kappa shape index (κ1) is 23.2. The van der Waals surface area contributed by atoms with Gasteiger partial charge >= 0.3 is 5.97 Å². The van der Waals surface area contributed by atoms with Crippen molar-refractivity contribution in [3.05, 3.63) is 0 Å². The van der Waals surface area contributed by atoms with Crippen molar-refractivity contribution in [2.24, 2.45) is 0 Å². The fourth-order valence-corrected chi connectivity index (χ4v) is 2.39. The van der Waals surface area contributed by atoms with E-state index < -0.39 is 67.2 Å². The molecular weight excluding hydrogens is 352 g/mol. The zero-order chi connectivity index (χ0) is 20.2. The van der Waals surface area contributed by atoms with Crippen molar-refractivity contribution in [1.82, 2.24) is 0 Å². The molecule has 26 heavy (non-hydrogen) atoms. The summed E-state index contributed by atoms with van der Waals surface area (Å²) in [6.45, 7) is 5.16. The molecule has 4 unspecified atom stereocenters. The summed E-state index contributed by atoms with van der Waals surface area (Å²) in [5, 5.41) is 59.0. The largest absolute Gasteiger partial charge is 0.461 e. The highest BCUT2D eigenvalue weighted by Gasteiger charge is 2.47. The highest BCUT2D eigenvalue weighted by Crippen LogP contribution is 2.25. The van der Waals surface area contributed by atoms with Crippen LogP contribution in [0.25, 0.3) is 0 Å². The van der Waals surface area contributed by atoms with Crippen LogP contribution in [-0.2, 0) is 19.0 Å². The van der Waals surface area contributed by atoms with Crippen molar-refractivity contribution in [2.45, 2.75) is 88.7 Å². The molecule has 0 aliphatic carbocycles. The third-order valence-corrected chi connectivity index (χ3v) is 4.66. The Morgan fingerprint density at radius 3 is 2.15 bits per heavy atom. The minimum absolute atomic E-state index is 0.101. The topological polar surface area (TPSA) is 166 Å². The van der Waals surface area contributed by atoms with E-state index in [1.54, 1.807) is 0 Å². The van der Waals surface area contributed by atoms with Crippen molar-refractivity contribution >= 4 is 5.97 Å². The molecule has 1 rings (SSSR count). The highest BCUT2D eigenvalue weighted by molar-refractivity contribution is 5.80. The summed E-state index contributed by atoms with van der Waals surface area (Å²) in [5.41, 5.74) is -2.12. The van der Waals surface area contributed by atoms with Crippen LogP contribution >= 0.6 is 0 Å². The molecule has 0 aromatic rings. The summed E-state index contributed by atoms with van der Waals surface area (Å²) in [5.74, 6) is -1.11. The minimum Gasteiger partial charge on any atom is -0.461 e. The van der Waals surface area contributed by atoms with E-state index in [0.717, 1.165) is 0 Å². The zero-order valence-corrected chi connectivity index (χ0v) is 15.3. The molecule has 9 atom stereocenters. The monoisotopic (exact) mass is 382 g/mol. The van der Waals surface area contributed by atoms with Crippen molar-refractivity contribution < 1.29 is 49.6 Å². The second-order valence-electron chi connectivity index (χ2n) is 6.65. The molecule has 6 N–H and O–H groups in total. The lowest BCUT2D eigenvalue weighted by Gasteiger charge is -2.41. The lowest BCUT2D eigenvalue weighted by Crippen LogP contribution is -2.60. The Kier molecular flexibility index (Phi) is 8.36. The third-order valence-electron chi connectivity index (χ3n) is 4.66. The van der Waals surface area contributed by atoms with Crippen molar-refractivity contribution in [3.63, 3.8) is 0 Å². The first-order chi connectivity index (χ1) is 12.0. The minimum atomic E-state index is -2.12. The standard InChI is InChI=1S/C16H30O10/c1-5-16(23,9(4)18)15(22)24-6-10-11(19)12(20)13(21)14(26-10)25-8(3)7(2)17/h7-14,17-21,23H,5-6H2,1-4H3/t7?,8?,9?,10-,11-,12+,13-,14-,16?/m1/s1. The Hall–Kier alpha value is -0.850. The van der Waals surface area contributed by atoms with Gasteiger partial charge in [0.1, 0.15) is 31.0 Å². The number of aliphatic hydroxyl groups excluding tert-OH is 5. The average Bonchev–Trinajstić information content (AvgIpc) is 2.59. The Labute approximate surface area is 151 Å². The molecule has 0 aromatic heterocycles. The number of ether oxygens (including phenoxy) is 3. The van der Waals surface area contributed by atoms with Gasteiger partial charge in [0.15, 0.2) is 11.9 Å². The molecule has 0 amide bonds. The lowest BCUT2D eigenvalue weighted by atomic mass is 9.95. The van der Waals surface area contributed by atoms with Gasteiger partial charge in [-0.05, 0) is 27.2 Å². The van der Waals surface area contributed by atoms with E-state index in [0.29, 0.717) is 0 Å². The maximum atomic E-state index is 12.0. The van der Waals surface area contributed by atoms with Gasteiger partial charge in [0.25, 0.3) is 0 Å². The smallest absolute Gasteiger partial charge is 0.340 e. The summed E-state index contributed by atoms with van der Waals surface area (Å²) in [7, 11) is 0. The van der Waals surface area contributed by atoms with Crippen LogP contribution in [0, 0.1) is 0 Å². The van der Waals surface area contributed by atoms with Gasteiger partial charge in [-0.1, -0.05) is 6.92 Å². The van der Waals surface area contributed by atoms with Gasteiger partial charge in [-0.25, -0.2) is 4.79 Å². The van der Waals surface area contributed by atoms with Crippen LogP contribution in [-0.4, -0.2) is 97.8 Å². The first-order valence-corrected chi connectivity index (χ1v) is 8.56. The number of aliphatic hydroxyl groups is 6. The number of hydrogen-bond donors (Lipinski definition) is 6. The molecule has 0 aromatic carbocycles. The number of esters is 1. The van der Waals surface area contributed by atoms with Gasteiger partial charge in [-0.3, -0.25) is 0 Å². The van der Waals surface area contributed by atoms with E-state index in [2.05, 4.69) is 0 Å². The second-order valence-corrected chi connectivity index (χ2v) is 6.65. The van der Waals surface area contributed by atoms with Crippen LogP contribution in [0.5, 0.6) is 0 Å². The molecule has 0 bridgehead atoms. The normalized spacial score (nSPS) is 35.2. The Balaban J connectivity index is 2.77. The van der Waals surface area contributed by atoms with Gasteiger partial charge in [0, 0.05) is 0 Å². The number of carbonyl (C=O) groups is 1. The van der Waals surface area contributed by atoms with E-state index in [4.69, 9.17) is 14.2 Å². The van der Waals surface area contributed by atoms with Gasteiger partial charge < -0.3 is 44.8 Å². The lowest BCUT2D eigenvalue weighted by molar-refractivity contribution is -0.315. The molecule has 10 heteroatoms. The fourth-order valence-electron chi connectivity index (χ4n) is 2.39. The molecule has 1 saturated heterocycles. The number of hydrogen-bond acceptors (Lipinski definition) is 10. The predicted molar refractivity (Wildman–Crippen MR) is 86.8 cm³/mol. The van der Waals surface area contributed by atoms with E-state index >= 15 is 0 Å². The molecular formula is C16H30O10. The molecule has 0 radical (unpaired) electrons. The second kappa shape index (κ2) is 9.38. The van der Waals surface area contributed by atoms with Gasteiger partial charge in [0.2, 0.25) is 0 Å². The third kappa shape index (κ3) is 5.11. The summed E-state index contributed by atoms with van der Waals surface area (Å²) in [6.07, 6.45) is -10.5. The highest BCUT2D eigenvalue weighted by atomic mass is 16.7. The average molecular weight is 382 g/mol. The van der Waals surface area contributed by atoms with E-state index in [1.165, 1.54) is 27.7 Å². The van der Waals surface area contributed by atoms with Crippen LogP contribution in [0.4, 0.5) is 0 Å². The van der Waals surface area contributed by atoms with Crippen LogP contribution in [0.2, 0.25) is 0 Å². The van der Waals surface area contributed by atoms with Crippen molar-refractivity contribution in [2.75, 3.05) is 6.61 Å². The first-order valence-electron chi connectivity index (χ1n) is 8.56. The Morgan fingerprint density at radius 2 is 1.69 bits per heavy atom. The predicted octanol–water partition coefficient (Wildman–Crippen LogP) is -2.35. The number of rotatable bonds is 8. The molecule has 1 heterocycles. The van der Waals surface area contributed by atoms with E-state index in [-0.39, 0.29) is 6.42 Å². The quantitative estimate of drug-likeness (QED) is 0.250. The molecule has 1 aliphatic rings. The van der Waals surface area contributed by atoms with Crippen LogP contribution in [0.15, 0.2) is 0 Å². The van der Waals surface area contributed by atoms with Gasteiger partial charge in [-0.15, -0.1) is 0 Å². The molecule has 0 saturated carbocycles. The van der Waals surface area contributed by atoms with E-state index in [1.807, 2.05) is 0 Å². The molecule has 1 aliphatic heterocycles. The van der Waals surface area contributed by atoms with Crippen LogP contribution < -0.4 is 0 Å².